The van der Waals surface area contributed by atoms with Gasteiger partial charge in [-0.25, -0.2) is 0 Å². The van der Waals surface area contributed by atoms with Crippen molar-refractivity contribution in [3.05, 3.63) is 11.6 Å². The van der Waals surface area contributed by atoms with E-state index in [0.29, 0.717) is 0 Å². The fourth-order valence-corrected chi connectivity index (χ4v) is 3.83. The highest BCUT2D eigenvalue weighted by molar-refractivity contribution is 5.11. The van der Waals surface area contributed by atoms with E-state index >= 15 is 0 Å². The van der Waals surface area contributed by atoms with Gasteiger partial charge in [-0.1, -0.05) is 25.5 Å². The van der Waals surface area contributed by atoms with Crippen LogP contribution in [-0.4, -0.2) is 0 Å². The molecular formula is C15H26. The molecule has 2 rings (SSSR count). The number of hydrogen-bond acceptors (Lipinski definition) is 0. The number of rotatable bonds is 4. The van der Waals surface area contributed by atoms with Crippen molar-refractivity contribution in [1.82, 2.24) is 0 Å². The summed E-state index contributed by atoms with van der Waals surface area (Å²) in [6, 6.07) is 0. The first-order chi connectivity index (χ1) is 7.06. The molecule has 0 spiro atoms. The van der Waals surface area contributed by atoms with Crippen LogP contribution in [-0.2, 0) is 0 Å². The van der Waals surface area contributed by atoms with Crippen molar-refractivity contribution in [2.45, 2.75) is 59.8 Å². The van der Waals surface area contributed by atoms with Gasteiger partial charge < -0.3 is 0 Å². The van der Waals surface area contributed by atoms with Crippen LogP contribution in [0.25, 0.3) is 0 Å². The highest BCUT2D eigenvalue weighted by atomic mass is 14.7. The van der Waals surface area contributed by atoms with Crippen molar-refractivity contribution in [2.24, 2.45) is 23.2 Å². The second kappa shape index (κ2) is 3.96. The molecule has 86 valence electrons. The molecule has 0 aromatic heterocycles. The van der Waals surface area contributed by atoms with E-state index in [4.69, 9.17) is 0 Å². The molecule has 0 bridgehead atoms. The zero-order chi connectivity index (χ0) is 11.1. The highest BCUT2D eigenvalue weighted by Gasteiger charge is 2.61. The third-order valence-electron chi connectivity index (χ3n) is 5.06. The lowest BCUT2D eigenvalue weighted by Crippen LogP contribution is -2.12. The Hall–Kier alpha value is -0.260. The third kappa shape index (κ3) is 2.00. The van der Waals surface area contributed by atoms with Gasteiger partial charge in [0.2, 0.25) is 0 Å². The lowest BCUT2D eigenvalue weighted by Gasteiger charge is -2.20. The van der Waals surface area contributed by atoms with Crippen LogP contribution in [0.3, 0.4) is 0 Å². The van der Waals surface area contributed by atoms with E-state index in [-0.39, 0.29) is 0 Å². The Kier molecular flexibility index (Phi) is 2.96. The van der Waals surface area contributed by atoms with E-state index in [2.05, 4.69) is 33.8 Å². The standard InChI is InChI=1S/C15H26/c1-11(2)6-5-7-13(4)15-9-8-12(3)14(15)10-15/h6,12-14H,5,7-10H2,1-4H3/t12?,13-,14-,15-/m0/s1. The minimum absolute atomic E-state index is 0.800. The first kappa shape index (κ1) is 11.2. The van der Waals surface area contributed by atoms with Crippen molar-refractivity contribution in [3.63, 3.8) is 0 Å². The molecule has 2 aliphatic rings. The van der Waals surface area contributed by atoms with Gasteiger partial charge in [0.05, 0.1) is 0 Å². The summed E-state index contributed by atoms with van der Waals surface area (Å²) in [5.41, 5.74) is 2.28. The Morgan fingerprint density at radius 3 is 2.67 bits per heavy atom. The van der Waals surface area contributed by atoms with E-state index in [1.807, 2.05) is 0 Å². The Balaban J connectivity index is 1.83. The molecule has 0 heteroatoms. The van der Waals surface area contributed by atoms with E-state index in [1.54, 1.807) is 6.42 Å². The van der Waals surface area contributed by atoms with Gasteiger partial charge in [0, 0.05) is 0 Å². The molecular weight excluding hydrogens is 180 g/mol. The maximum Gasteiger partial charge on any atom is -0.0238 e. The zero-order valence-corrected chi connectivity index (χ0v) is 10.8. The Bertz CT molecular complexity index is 259. The lowest BCUT2D eigenvalue weighted by atomic mass is 9.84. The molecule has 2 aliphatic carbocycles. The summed E-state index contributed by atoms with van der Waals surface area (Å²) in [6.07, 6.45) is 9.68. The van der Waals surface area contributed by atoms with Gasteiger partial charge in [0.25, 0.3) is 0 Å². The molecule has 2 saturated carbocycles. The number of allylic oxidation sites excluding steroid dienone is 2. The van der Waals surface area contributed by atoms with Crippen LogP contribution < -0.4 is 0 Å². The lowest BCUT2D eigenvalue weighted by molar-refractivity contribution is 0.300. The molecule has 0 radical (unpaired) electrons. The maximum absolute atomic E-state index is 2.50. The van der Waals surface area contributed by atoms with Gasteiger partial charge in [0.1, 0.15) is 0 Å². The molecule has 2 fully saturated rings. The Morgan fingerprint density at radius 2 is 2.20 bits per heavy atom. The monoisotopic (exact) mass is 206 g/mol. The van der Waals surface area contributed by atoms with E-state index in [1.165, 1.54) is 31.3 Å². The molecule has 1 unspecified atom stereocenters. The summed E-state index contributed by atoms with van der Waals surface area (Å²) in [5, 5.41) is 0. The van der Waals surface area contributed by atoms with Crippen molar-refractivity contribution >= 4 is 0 Å². The molecule has 0 aliphatic heterocycles. The minimum Gasteiger partial charge on any atom is -0.0859 e. The fraction of sp³-hybridized carbons (Fsp3) is 0.867. The largest absolute Gasteiger partial charge is 0.0859 e. The van der Waals surface area contributed by atoms with Gasteiger partial charge in [-0.2, -0.15) is 0 Å². The van der Waals surface area contributed by atoms with Crippen LogP contribution in [0, 0.1) is 23.2 Å². The van der Waals surface area contributed by atoms with E-state index in [9.17, 15) is 0 Å². The average molecular weight is 206 g/mol. The van der Waals surface area contributed by atoms with Gasteiger partial charge in [-0.3, -0.25) is 0 Å². The summed E-state index contributed by atoms with van der Waals surface area (Å²) in [5.74, 6) is 3.08. The van der Waals surface area contributed by atoms with Gasteiger partial charge in [-0.15, -0.1) is 0 Å². The van der Waals surface area contributed by atoms with Gasteiger partial charge in [-0.05, 0) is 69.1 Å². The number of fused-ring (bicyclic) bond motifs is 1. The van der Waals surface area contributed by atoms with Crippen LogP contribution in [0.4, 0.5) is 0 Å². The van der Waals surface area contributed by atoms with Crippen LogP contribution in [0.2, 0.25) is 0 Å². The topological polar surface area (TPSA) is 0 Å². The molecule has 0 amide bonds. The Labute approximate surface area is 95.1 Å². The SMILES string of the molecule is CC(C)=CCC[C@H](C)[C@@]12CCC(C)[C@@H]1C2. The molecule has 15 heavy (non-hydrogen) atoms. The minimum atomic E-state index is 0.800. The number of hydrogen-bond donors (Lipinski definition) is 0. The second-order valence-corrected chi connectivity index (χ2v) is 6.32. The molecule has 0 N–H and O–H groups in total. The molecule has 0 aromatic rings. The van der Waals surface area contributed by atoms with E-state index < -0.39 is 0 Å². The van der Waals surface area contributed by atoms with Crippen LogP contribution in [0.5, 0.6) is 0 Å². The van der Waals surface area contributed by atoms with E-state index in [0.717, 1.165) is 23.2 Å². The van der Waals surface area contributed by atoms with Crippen LogP contribution >= 0.6 is 0 Å². The Morgan fingerprint density at radius 1 is 1.47 bits per heavy atom. The molecule has 0 nitrogen and oxygen atoms in total. The predicted octanol–water partition coefficient (Wildman–Crippen LogP) is 4.81. The second-order valence-electron chi connectivity index (χ2n) is 6.32. The van der Waals surface area contributed by atoms with Crippen molar-refractivity contribution in [2.75, 3.05) is 0 Å². The molecule has 0 aromatic carbocycles. The smallest absolute Gasteiger partial charge is 0.0238 e. The summed E-state index contributed by atoms with van der Waals surface area (Å²) < 4.78 is 0. The predicted molar refractivity (Wildman–Crippen MR) is 66.8 cm³/mol. The molecule has 0 saturated heterocycles. The van der Waals surface area contributed by atoms with Crippen molar-refractivity contribution < 1.29 is 0 Å². The summed E-state index contributed by atoms with van der Waals surface area (Å²) in [6.45, 7) is 9.38. The third-order valence-corrected chi connectivity index (χ3v) is 5.06. The quantitative estimate of drug-likeness (QED) is 0.579. The van der Waals surface area contributed by atoms with Gasteiger partial charge >= 0.3 is 0 Å². The summed E-state index contributed by atoms with van der Waals surface area (Å²) >= 11 is 0. The average Bonchev–Trinajstić information content (AvgIpc) is 2.82. The fourth-order valence-electron chi connectivity index (χ4n) is 3.83. The molecule has 4 atom stereocenters. The van der Waals surface area contributed by atoms with Crippen molar-refractivity contribution in [3.8, 4) is 0 Å². The molecule has 0 heterocycles. The maximum atomic E-state index is 2.50. The first-order valence-electron chi connectivity index (χ1n) is 6.69. The van der Waals surface area contributed by atoms with Gasteiger partial charge in [0.15, 0.2) is 0 Å². The highest BCUT2D eigenvalue weighted by Crippen LogP contribution is 2.70. The van der Waals surface area contributed by atoms with Crippen molar-refractivity contribution in [1.29, 1.82) is 0 Å². The first-order valence-corrected chi connectivity index (χ1v) is 6.69. The van der Waals surface area contributed by atoms with Crippen LogP contribution in [0.1, 0.15) is 59.8 Å². The zero-order valence-electron chi connectivity index (χ0n) is 10.8. The normalized spacial score (nSPS) is 39.7. The summed E-state index contributed by atoms with van der Waals surface area (Å²) in [7, 11) is 0. The van der Waals surface area contributed by atoms with Crippen LogP contribution in [0.15, 0.2) is 11.6 Å². The summed E-state index contributed by atoms with van der Waals surface area (Å²) in [4.78, 5) is 0.